The van der Waals surface area contributed by atoms with Crippen molar-refractivity contribution in [1.29, 1.82) is 0 Å². The summed E-state index contributed by atoms with van der Waals surface area (Å²) in [5, 5.41) is 0. The predicted octanol–water partition coefficient (Wildman–Crippen LogP) is 2.72. The number of nitrogens with two attached hydrogens (primary N) is 1. The number of pyridine rings is 1. The highest BCUT2D eigenvalue weighted by atomic mass is 14.6. The zero-order chi connectivity index (χ0) is 9.80. The summed E-state index contributed by atoms with van der Waals surface area (Å²) in [6.07, 6.45) is 9.89. The van der Waals surface area contributed by atoms with E-state index in [1.54, 1.807) is 6.20 Å². The maximum absolute atomic E-state index is 6.11. The van der Waals surface area contributed by atoms with Crippen LogP contribution in [0.3, 0.4) is 0 Å². The first-order valence-electron chi connectivity index (χ1n) is 5.26. The topological polar surface area (TPSA) is 38.9 Å². The second-order valence-corrected chi connectivity index (χ2v) is 3.82. The molecule has 0 atom stereocenters. The molecule has 1 fully saturated rings. The molecule has 0 aliphatic heterocycles. The van der Waals surface area contributed by atoms with E-state index >= 15 is 0 Å². The summed E-state index contributed by atoms with van der Waals surface area (Å²) >= 11 is 0. The van der Waals surface area contributed by atoms with Gasteiger partial charge in [-0.3, -0.25) is 4.98 Å². The number of hydrogen-bond acceptors (Lipinski definition) is 2. The molecule has 14 heavy (non-hydrogen) atoms. The number of aromatic nitrogens is 1. The third-order valence-corrected chi connectivity index (χ3v) is 2.81. The van der Waals surface area contributed by atoms with Gasteiger partial charge in [-0.05, 0) is 43.4 Å². The lowest BCUT2D eigenvalue weighted by atomic mass is 9.92. The van der Waals surface area contributed by atoms with E-state index in [0.29, 0.717) is 0 Å². The van der Waals surface area contributed by atoms with Crippen LogP contribution in [0.2, 0.25) is 0 Å². The van der Waals surface area contributed by atoms with E-state index < -0.39 is 0 Å². The van der Waals surface area contributed by atoms with E-state index in [9.17, 15) is 0 Å². The molecule has 74 valence electrons. The van der Waals surface area contributed by atoms with Crippen molar-refractivity contribution in [1.82, 2.24) is 4.98 Å². The molecule has 0 unspecified atom stereocenters. The zero-order valence-electron chi connectivity index (χ0n) is 8.37. The standard InChI is InChI=1S/C12H16N2/c13-12(10-5-2-1-3-6-10)11-7-4-8-14-9-11/h4,7-9H,1-3,5-6,13H2. The van der Waals surface area contributed by atoms with Gasteiger partial charge < -0.3 is 5.73 Å². The lowest BCUT2D eigenvalue weighted by molar-refractivity contribution is 0.600. The largest absolute Gasteiger partial charge is 0.398 e. The minimum Gasteiger partial charge on any atom is -0.398 e. The quantitative estimate of drug-likeness (QED) is 0.736. The lowest BCUT2D eigenvalue weighted by Crippen LogP contribution is -2.05. The fourth-order valence-electron chi connectivity index (χ4n) is 1.97. The molecule has 1 aromatic rings. The summed E-state index contributed by atoms with van der Waals surface area (Å²) in [5.41, 5.74) is 9.56. The predicted molar refractivity (Wildman–Crippen MR) is 58.4 cm³/mol. The molecular formula is C12H16N2. The van der Waals surface area contributed by atoms with Gasteiger partial charge in [0.05, 0.1) is 0 Å². The first-order chi connectivity index (χ1) is 6.88. The molecule has 0 saturated heterocycles. The summed E-state index contributed by atoms with van der Waals surface area (Å²) in [6, 6.07) is 3.97. The molecule has 1 saturated carbocycles. The van der Waals surface area contributed by atoms with Crippen molar-refractivity contribution in [2.45, 2.75) is 32.1 Å². The molecule has 2 rings (SSSR count). The Bertz CT molecular complexity index is 319. The highest BCUT2D eigenvalue weighted by Crippen LogP contribution is 2.27. The molecule has 0 bridgehead atoms. The van der Waals surface area contributed by atoms with Crippen molar-refractivity contribution >= 4 is 5.70 Å². The summed E-state index contributed by atoms with van der Waals surface area (Å²) in [4.78, 5) is 4.09. The van der Waals surface area contributed by atoms with E-state index in [1.807, 2.05) is 18.3 Å². The van der Waals surface area contributed by atoms with Crippen molar-refractivity contribution in [3.05, 3.63) is 35.7 Å². The number of nitrogens with zero attached hydrogens (tertiary/aromatic N) is 1. The molecule has 0 radical (unpaired) electrons. The van der Waals surface area contributed by atoms with Crippen LogP contribution in [0.4, 0.5) is 0 Å². The van der Waals surface area contributed by atoms with E-state index in [2.05, 4.69) is 4.98 Å². The van der Waals surface area contributed by atoms with Gasteiger partial charge in [-0.2, -0.15) is 0 Å². The molecule has 1 aliphatic rings. The molecule has 1 heterocycles. The van der Waals surface area contributed by atoms with E-state index in [1.165, 1.54) is 37.7 Å². The smallest absolute Gasteiger partial charge is 0.0395 e. The van der Waals surface area contributed by atoms with Crippen LogP contribution in [0.5, 0.6) is 0 Å². The third kappa shape index (κ3) is 1.95. The zero-order valence-corrected chi connectivity index (χ0v) is 8.37. The Morgan fingerprint density at radius 2 is 2.00 bits per heavy atom. The molecule has 2 N–H and O–H groups in total. The van der Waals surface area contributed by atoms with Gasteiger partial charge in [0.2, 0.25) is 0 Å². The van der Waals surface area contributed by atoms with Crippen LogP contribution >= 0.6 is 0 Å². The van der Waals surface area contributed by atoms with Crippen molar-refractivity contribution in [2.75, 3.05) is 0 Å². The Morgan fingerprint density at radius 3 is 2.64 bits per heavy atom. The first-order valence-corrected chi connectivity index (χ1v) is 5.26. The maximum atomic E-state index is 6.11. The van der Waals surface area contributed by atoms with Crippen LogP contribution in [-0.2, 0) is 0 Å². The van der Waals surface area contributed by atoms with Gasteiger partial charge in [0.1, 0.15) is 0 Å². The third-order valence-electron chi connectivity index (χ3n) is 2.81. The van der Waals surface area contributed by atoms with Crippen molar-refractivity contribution < 1.29 is 0 Å². The van der Waals surface area contributed by atoms with Crippen LogP contribution in [0.15, 0.2) is 30.1 Å². The van der Waals surface area contributed by atoms with Crippen molar-refractivity contribution in [3.63, 3.8) is 0 Å². The van der Waals surface area contributed by atoms with Gasteiger partial charge in [0, 0.05) is 23.7 Å². The van der Waals surface area contributed by atoms with Crippen LogP contribution in [-0.4, -0.2) is 4.98 Å². The van der Waals surface area contributed by atoms with Gasteiger partial charge in [-0.25, -0.2) is 0 Å². The van der Waals surface area contributed by atoms with Gasteiger partial charge in [0.25, 0.3) is 0 Å². The molecule has 1 aromatic heterocycles. The van der Waals surface area contributed by atoms with E-state index in [-0.39, 0.29) is 0 Å². The average Bonchev–Trinajstić information content (AvgIpc) is 2.30. The normalized spacial score (nSPS) is 16.7. The Hall–Kier alpha value is -1.31. The minimum atomic E-state index is 0.956. The van der Waals surface area contributed by atoms with Crippen LogP contribution < -0.4 is 5.73 Å². The second kappa shape index (κ2) is 4.27. The van der Waals surface area contributed by atoms with Gasteiger partial charge in [0.15, 0.2) is 0 Å². The summed E-state index contributed by atoms with van der Waals surface area (Å²) < 4.78 is 0. The summed E-state index contributed by atoms with van der Waals surface area (Å²) in [5.74, 6) is 0. The molecule has 1 aliphatic carbocycles. The molecule has 0 aromatic carbocycles. The number of allylic oxidation sites excluding steroid dienone is 1. The van der Waals surface area contributed by atoms with Gasteiger partial charge in [-0.1, -0.05) is 6.42 Å². The molecule has 2 heteroatoms. The fraction of sp³-hybridized carbons (Fsp3) is 0.417. The Labute approximate surface area is 84.9 Å². The highest BCUT2D eigenvalue weighted by molar-refractivity contribution is 5.65. The Kier molecular flexibility index (Phi) is 2.82. The van der Waals surface area contributed by atoms with Crippen LogP contribution in [0, 0.1) is 0 Å². The Morgan fingerprint density at radius 1 is 1.21 bits per heavy atom. The lowest BCUT2D eigenvalue weighted by Gasteiger charge is -2.16. The number of rotatable bonds is 1. The molecule has 0 amide bonds. The van der Waals surface area contributed by atoms with E-state index in [4.69, 9.17) is 5.73 Å². The fourth-order valence-corrected chi connectivity index (χ4v) is 1.97. The highest BCUT2D eigenvalue weighted by Gasteiger charge is 2.10. The molecule has 2 nitrogen and oxygen atoms in total. The summed E-state index contributed by atoms with van der Waals surface area (Å²) in [7, 11) is 0. The summed E-state index contributed by atoms with van der Waals surface area (Å²) in [6.45, 7) is 0. The number of hydrogen-bond donors (Lipinski definition) is 1. The monoisotopic (exact) mass is 188 g/mol. The van der Waals surface area contributed by atoms with E-state index in [0.717, 1.165) is 11.3 Å². The Balaban J connectivity index is 2.25. The molecule has 0 spiro atoms. The van der Waals surface area contributed by atoms with Gasteiger partial charge >= 0.3 is 0 Å². The van der Waals surface area contributed by atoms with Crippen molar-refractivity contribution in [3.8, 4) is 0 Å². The van der Waals surface area contributed by atoms with Crippen LogP contribution in [0.1, 0.15) is 37.7 Å². The average molecular weight is 188 g/mol. The maximum Gasteiger partial charge on any atom is 0.0395 e. The first kappa shape index (κ1) is 9.25. The SMILES string of the molecule is NC(=C1CCCCC1)c1cccnc1. The minimum absolute atomic E-state index is 0.956. The van der Waals surface area contributed by atoms with Crippen LogP contribution in [0.25, 0.3) is 5.70 Å². The van der Waals surface area contributed by atoms with Gasteiger partial charge in [-0.15, -0.1) is 0 Å². The van der Waals surface area contributed by atoms with Crippen molar-refractivity contribution in [2.24, 2.45) is 5.73 Å². The second-order valence-electron chi connectivity index (χ2n) is 3.82. The molecular weight excluding hydrogens is 172 g/mol.